The Morgan fingerprint density at radius 1 is 1.18 bits per heavy atom. The van der Waals surface area contributed by atoms with Crippen molar-refractivity contribution < 1.29 is 24.5 Å². The average molecular weight is 458 g/mol. The van der Waals surface area contributed by atoms with E-state index in [1.807, 2.05) is 6.07 Å². The minimum atomic E-state index is -0.882. The van der Waals surface area contributed by atoms with Crippen LogP contribution >= 0.6 is 0 Å². The molecule has 0 aliphatic heterocycles. The maximum absolute atomic E-state index is 12.4. The number of ether oxygens (including phenoxy) is 1. The molecule has 0 aromatic carbocycles. The third-order valence-corrected chi connectivity index (χ3v) is 6.76. The summed E-state index contributed by atoms with van der Waals surface area (Å²) in [5.74, 6) is 0.879. The molecule has 2 aliphatic rings. The fourth-order valence-electron chi connectivity index (χ4n) is 5.09. The standard InChI is InChI=1S/C23H31N5O5/c1-33-22-11-14(8-9-24-22)10-21(30)25-20-13-19(26-27-20)15-2-3-17(12-15)28(23(31)32)16-4-6-18(29)7-5-16/h8-9,11,13,15-18,29H,2-7,10,12H2,1H3,(H,31,32)(H2,25,26,27,30)/t15-,16?,17+,18?/m1/s1. The van der Waals surface area contributed by atoms with Crippen LogP contribution in [0, 0.1) is 0 Å². The quantitative estimate of drug-likeness (QED) is 0.501. The van der Waals surface area contributed by atoms with Gasteiger partial charge in [0.1, 0.15) is 0 Å². The molecule has 0 radical (unpaired) electrons. The van der Waals surface area contributed by atoms with Crippen molar-refractivity contribution in [3.8, 4) is 5.88 Å². The van der Waals surface area contributed by atoms with Gasteiger partial charge < -0.3 is 25.2 Å². The summed E-state index contributed by atoms with van der Waals surface area (Å²) in [6, 6.07) is 5.24. The van der Waals surface area contributed by atoms with Gasteiger partial charge in [0.05, 0.1) is 19.6 Å². The van der Waals surface area contributed by atoms with E-state index >= 15 is 0 Å². The molecular weight excluding hydrogens is 426 g/mol. The smallest absolute Gasteiger partial charge is 0.407 e. The Hall–Kier alpha value is -3.14. The second-order valence-electron chi connectivity index (χ2n) is 8.96. The van der Waals surface area contributed by atoms with Crippen molar-refractivity contribution >= 4 is 17.8 Å². The fraction of sp³-hybridized carbons (Fsp3) is 0.565. The van der Waals surface area contributed by atoms with Gasteiger partial charge in [-0.05, 0) is 56.6 Å². The number of nitrogens with zero attached hydrogens (tertiary/aromatic N) is 3. The number of H-pyrrole nitrogens is 1. The highest BCUT2D eigenvalue weighted by Gasteiger charge is 2.38. The van der Waals surface area contributed by atoms with Crippen LogP contribution in [-0.2, 0) is 11.2 Å². The highest BCUT2D eigenvalue weighted by Crippen LogP contribution is 2.39. The predicted molar refractivity (Wildman–Crippen MR) is 120 cm³/mol. The number of aromatic nitrogens is 3. The summed E-state index contributed by atoms with van der Waals surface area (Å²) in [6.45, 7) is 0. The molecule has 2 aromatic rings. The van der Waals surface area contributed by atoms with Crippen LogP contribution in [0.15, 0.2) is 24.4 Å². The SMILES string of the molecule is COc1cc(CC(=O)Nc2cc([C@@H]3CC[C@H](N(C(=O)O)C4CCC(O)CC4)C3)[nH]n2)ccn1. The van der Waals surface area contributed by atoms with Gasteiger partial charge in [-0.2, -0.15) is 5.10 Å². The molecular formula is C23H31N5O5. The molecule has 4 rings (SSSR count). The first kappa shape index (κ1) is 23.0. The normalized spacial score (nSPS) is 24.9. The number of hydrogen-bond acceptors (Lipinski definition) is 6. The van der Waals surface area contributed by atoms with E-state index in [0.29, 0.717) is 37.4 Å². The molecule has 2 amide bonds. The van der Waals surface area contributed by atoms with Crippen molar-refractivity contribution in [1.82, 2.24) is 20.1 Å². The zero-order valence-corrected chi connectivity index (χ0v) is 18.7. The van der Waals surface area contributed by atoms with Crippen LogP contribution in [-0.4, -0.2) is 67.6 Å². The molecule has 2 saturated carbocycles. The molecule has 178 valence electrons. The lowest BCUT2D eigenvalue weighted by molar-refractivity contribution is -0.115. The molecule has 33 heavy (non-hydrogen) atoms. The number of methoxy groups -OCH3 is 1. The van der Waals surface area contributed by atoms with Crippen molar-refractivity contribution in [2.24, 2.45) is 0 Å². The first-order chi connectivity index (χ1) is 15.9. The number of carbonyl (C=O) groups is 2. The number of pyridine rings is 1. The van der Waals surface area contributed by atoms with E-state index in [9.17, 15) is 19.8 Å². The Balaban J connectivity index is 1.33. The summed E-state index contributed by atoms with van der Waals surface area (Å²) >= 11 is 0. The van der Waals surface area contributed by atoms with E-state index in [1.165, 1.54) is 7.11 Å². The largest absolute Gasteiger partial charge is 0.481 e. The third kappa shape index (κ3) is 5.62. The number of hydrogen-bond donors (Lipinski definition) is 4. The van der Waals surface area contributed by atoms with Crippen LogP contribution < -0.4 is 10.1 Å². The molecule has 10 heteroatoms. The van der Waals surface area contributed by atoms with E-state index < -0.39 is 6.09 Å². The number of nitrogens with one attached hydrogen (secondary N) is 2. The third-order valence-electron chi connectivity index (χ3n) is 6.76. The van der Waals surface area contributed by atoms with Gasteiger partial charge >= 0.3 is 6.09 Å². The van der Waals surface area contributed by atoms with E-state index in [1.54, 1.807) is 23.2 Å². The van der Waals surface area contributed by atoms with Gasteiger partial charge in [0, 0.05) is 42.0 Å². The summed E-state index contributed by atoms with van der Waals surface area (Å²) in [5.41, 5.74) is 1.69. The molecule has 2 fully saturated rings. The van der Waals surface area contributed by atoms with Gasteiger partial charge in [-0.3, -0.25) is 9.89 Å². The van der Waals surface area contributed by atoms with Crippen LogP contribution in [0.4, 0.5) is 10.6 Å². The molecule has 10 nitrogen and oxygen atoms in total. The number of rotatable bonds is 7. The van der Waals surface area contributed by atoms with Crippen molar-refractivity contribution in [2.45, 2.75) is 75.5 Å². The topological polar surface area (TPSA) is 141 Å². The molecule has 4 N–H and O–H groups in total. The highest BCUT2D eigenvalue weighted by molar-refractivity contribution is 5.91. The van der Waals surface area contributed by atoms with Crippen molar-refractivity contribution in [1.29, 1.82) is 0 Å². The van der Waals surface area contributed by atoms with Crippen LogP contribution in [0.5, 0.6) is 5.88 Å². The number of aliphatic hydroxyl groups is 1. The van der Waals surface area contributed by atoms with Crippen LogP contribution in [0.3, 0.4) is 0 Å². The Morgan fingerprint density at radius 3 is 2.67 bits per heavy atom. The Morgan fingerprint density at radius 2 is 1.94 bits per heavy atom. The molecule has 0 unspecified atom stereocenters. The zero-order valence-electron chi connectivity index (χ0n) is 18.7. The van der Waals surface area contributed by atoms with E-state index in [0.717, 1.165) is 30.5 Å². The number of aromatic amines is 1. The van der Waals surface area contributed by atoms with Gasteiger partial charge in [0.2, 0.25) is 11.8 Å². The van der Waals surface area contributed by atoms with Gasteiger partial charge in [-0.25, -0.2) is 9.78 Å². The molecule has 2 aliphatic carbocycles. The second kappa shape index (κ2) is 10.2. The molecule has 2 atom stereocenters. The van der Waals surface area contributed by atoms with Gasteiger partial charge in [0.15, 0.2) is 5.82 Å². The number of amides is 2. The van der Waals surface area contributed by atoms with E-state index in [2.05, 4.69) is 20.5 Å². The monoisotopic (exact) mass is 457 g/mol. The van der Waals surface area contributed by atoms with Crippen molar-refractivity contribution in [2.75, 3.05) is 12.4 Å². The zero-order chi connectivity index (χ0) is 23.4. The second-order valence-corrected chi connectivity index (χ2v) is 8.96. The van der Waals surface area contributed by atoms with Crippen LogP contribution in [0.1, 0.15) is 62.1 Å². The molecule has 0 spiro atoms. The Labute approximate surface area is 192 Å². The van der Waals surface area contributed by atoms with Crippen molar-refractivity contribution in [3.05, 3.63) is 35.7 Å². The number of aliphatic hydroxyl groups excluding tert-OH is 1. The van der Waals surface area contributed by atoms with Crippen molar-refractivity contribution in [3.63, 3.8) is 0 Å². The number of carbonyl (C=O) groups excluding carboxylic acids is 1. The molecule has 2 heterocycles. The Bertz CT molecular complexity index is 972. The lowest BCUT2D eigenvalue weighted by Crippen LogP contribution is -2.47. The predicted octanol–water partition coefficient (Wildman–Crippen LogP) is 2.91. The summed E-state index contributed by atoms with van der Waals surface area (Å²) in [5, 5.41) is 29.7. The van der Waals surface area contributed by atoms with Gasteiger partial charge in [-0.15, -0.1) is 0 Å². The first-order valence-corrected chi connectivity index (χ1v) is 11.5. The summed E-state index contributed by atoms with van der Waals surface area (Å²) in [7, 11) is 1.53. The lowest BCUT2D eigenvalue weighted by atomic mass is 9.91. The van der Waals surface area contributed by atoms with E-state index in [4.69, 9.17) is 4.74 Å². The maximum Gasteiger partial charge on any atom is 0.407 e. The van der Waals surface area contributed by atoms with E-state index in [-0.39, 0.29) is 36.4 Å². The molecule has 2 aromatic heterocycles. The highest BCUT2D eigenvalue weighted by atomic mass is 16.5. The summed E-state index contributed by atoms with van der Waals surface area (Å²) in [4.78, 5) is 30.1. The average Bonchev–Trinajstić information content (AvgIpc) is 3.45. The fourth-order valence-corrected chi connectivity index (χ4v) is 5.09. The number of anilines is 1. The molecule has 0 bridgehead atoms. The summed E-state index contributed by atoms with van der Waals surface area (Å²) in [6.07, 6.45) is 5.67. The van der Waals surface area contributed by atoms with Crippen LogP contribution in [0.25, 0.3) is 0 Å². The summed E-state index contributed by atoms with van der Waals surface area (Å²) < 4.78 is 5.09. The first-order valence-electron chi connectivity index (χ1n) is 11.5. The number of carboxylic acid groups (broad SMARTS) is 1. The van der Waals surface area contributed by atoms with Gasteiger partial charge in [0.25, 0.3) is 0 Å². The minimum absolute atomic E-state index is 0.0296. The maximum atomic E-state index is 12.4. The minimum Gasteiger partial charge on any atom is -0.481 e. The van der Waals surface area contributed by atoms with Crippen LogP contribution in [0.2, 0.25) is 0 Å². The lowest BCUT2D eigenvalue weighted by Gasteiger charge is -2.37. The Kier molecular flexibility index (Phi) is 7.12. The molecule has 0 saturated heterocycles. The van der Waals surface area contributed by atoms with Gasteiger partial charge in [-0.1, -0.05) is 0 Å².